The van der Waals surface area contributed by atoms with Crippen LogP contribution >= 0.6 is 11.8 Å². The van der Waals surface area contributed by atoms with E-state index in [0.29, 0.717) is 17.0 Å². The summed E-state index contributed by atoms with van der Waals surface area (Å²) in [5, 5.41) is 0.496. The van der Waals surface area contributed by atoms with Crippen molar-refractivity contribution in [1.82, 2.24) is 9.97 Å². The van der Waals surface area contributed by atoms with E-state index in [1.165, 1.54) is 24.7 Å². The number of aromatic nitrogens is 2. The van der Waals surface area contributed by atoms with E-state index in [-0.39, 0.29) is 10.9 Å². The van der Waals surface area contributed by atoms with Crippen LogP contribution in [0.25, 0.3) is 0 Å². The van der Waals surface area contributed by atoms with E-state index in [1.807, 2.05) is 6.92 Å². The predicted molar refractivity (Wildman–Crippen MR) is 74.5 cm³/mol. The van der Waals surface area contributed by atoms with Gasteiger partial charge in [0.15, 0.2) is 0 Å². The molecule has 0 saturated carbocycles. The molecule has 1 unspecified atom stereocenters. The lowest BCUT2D eigenvalue weighted by Gasteiger charge is -2.11. The molecule has 2 rings (SSSR count). The standard InChI is InChI=1S/C14H15F2N3S/c1-2-10(17)5-9-6-11(15)14(12(16)7-9)20-13-3-4-18-8-19-13/h3-4,6-8,10H,2,5,17H2,1H3. The summed E-state index contributed by atoms with van der Waals surface area (Å²) in [6.45, 7) is 1.94. The monoisotopic (exact) mass is 295 g/mol. The molecule has 0 aliphatic rings. The third kappa shape index (κ3) is 3.74. The lowest BCUT2D eigenvalue weighted by Crippen LogP contribution is -2.21. The van der Waals surface area contributed by atoms with Crippen LogP contribution in [-0.4, -0.2) is 16.0 Å². The van der Waals surface area contributed by atoms with Gasteiger partial charge in [0, 0.05) is 12.2 Å². The Morgan fingerprint density at radius 3 is 2.55 bits per heavy atom. The van der Waals surface area contributed by atoms with Gasteiger partial charge in [-0.25, -0.2) is 18.7 Å². The molecule has 1 aromatic carbocycles. The Morgan fingerprint density at radius 1 is 1.30 bits per heavy atom. The SMILES string of the molecule is CCC(N)Cc1cc(F)c(Sc2ccncn2)c(F)c1. The summed E-state index contributed by atoms with van der Waals surface area (Å²) >= 11 is 0.942. The van der Waals surface area contributed by atoms with Gasteiger partial charge in [0.1, 0.15) is 23.0 Å². The first-order valence-corrected chi connectivity index (χ1v) is 7.09. The molecule has 106 valence electrons. The Labute approximate surface area is 120 Å². The van der Waals surface area contributed by atoms with Crippen LogP contribution in [0.15, 0.2) is 40.6 Å². The van der Waals surface area contributed by atoms with Crippen molar-refractivity contribution in [3.8, 4) is 0 Å². The summed E-state index contributed by atoms with van der Waals surface area (Å²) in [6.07, 6.45) is 4.09. The number of nitrogens with two attached hydrogens (primary N) is 1. The van der Waals surface area contributed by atoms with Crippen molar-refractivity contribution in [1.29, 1.82) is 0 Å². The number of halogens is 2. The lowest BCUT2D eigenvalue weighted by molar-refractivity contribution is 0.533. The van der Waals surface area contributed by atoms with Crippen molar-refractivity contribution in [2.24, 2.45) is 5.73 Å². The summed E-state index contributed by atoms with van der Waals surface area (Å²) in [6, 6.07) is 4.18. The fraction of sp³-hybridized carbons (Fsp3) is 0.286. The second-order valence-electron chi connectivity index (χ2n) is 4.41. The maximum absolute atomic E-state index is 14.0. The first-order valence-electron chi connectivity index (χ1n) is 6.27. The third-order valence-corrected chi connectivity index (χ3v) is 3.89. The highest BCUT2D eigenvalue weighted by Gasteiger charge is 2.14. The van der Waals surface area contributed by atoms with Crippen LogP contribution in [0.2, 0.25) is 0 Å². The molecule has 1 atom stereocenters. The van der Waals surface area contributed by atoms with E-state index in [2.05, 4.69) is 9.97 Å². The first-order chi connectivity index (χ1) is 9.60. The van der Waals surface area contributed by atoms with Gasteiger partial charge in [-0.05, 0) is 36.6 Å². The van der Waals surface area contributed by atoms with Gasteiger partial charge in [0.2, 0.25) is 0 Å². The van der Waals surface area contributed by atoms with Crippen LogP contribution in [0.4, 0.5) is 8.78 Å². The molecule has 3 nitrogen and oxygen atoms in total. The molecule has 0 aliphatic heterocycles. The lowest BCUT2D eigenvalue weighted by atomic mass is 10.0. The average molecular weight is 295 g/mol. The minimum absolute atomic E-state index is 0.0579. The molecule has 0 saturated heterocycles. The Bertz CT molecular complexity index is 555. The van der Waals surface area contributed by atoms with Gasteiger partial charge < -0.3 is 5.73 Å². The van der Waals surface area contributed by atoms with Gasteiger partial charge in [-0.15, -0.1) is 0 Å². The molecule has 2 aromatic rings. The van der Waals surface area contributed by atoms with Gasteiger partial charge in [0.25, 0.3) is 0 Å². The topological polar surface area (TPSA) is 51.8 Å². The van der Waals surface area contributed by atoms with Crippen molar-refractivity contribution in [2.45, 2.75) is 35.7 Å². The fourth-order valence-electron chi connectivity index (χ4n) is 1.72. The van der Waals surface area contributed by atoms with E-state index < -0.39 is 11.6 Å². The molecule has 0 bridgehead atoms. The van der Waals surface area contributed by atoms with E-state index >= 15 is 0 Å². The summed E-state index contributed by atoms with van der Waals surface area (Å²) in [7, 11) is 0. The number of hydrogen-bond acceptors (Lipinski definition) is 4. The van der Waals surface area contributed by atoms with Crippen molar-refractivity contribution in [2.75, 3.05) is 0 Å². The van der Waals surface area contributed by atoms with Gasteiger partial charge in [-0.3, -0.25) is 0 Å². The molecule has 0 amide bonds. The van der Waals surface area contributed by atoms with Gasteiger partial charge in [0.05, 0.1) is 4.90 Å². The largest absolute Gasteiger partial charge is 0.327 e. The smallest absolute Gasteiger partial charge is 0.140 e. The highest BCUT2D eigenvalue weighted by atomic mass is 32.2. The van der Waals surface area contributed by atoms with Crippen LogP contribution in [0.5, 0.6) is 0 Å². The number of rotatable bonds is 5. The van der Waals surface area contributed by atoms with Crippen LogP contribution < -0.4 is 5.73 Å². The van der Waals surface area contributed by atoms with Crippen molar-refractivity contribution in [3.63, 3.8) is 0 Å². The quantitative estimate of drug-likeness (QED) is 0.861. The first kappa shape index (κ1) is 14.9. The molecule has 2 N–H and O–H groups in total. The van der Waals surface area contributed by atoms with Crippen LogP contribution in [0.3, 0.4) is 0 Å². The molecule has 0 fully saturated rings. The Morgan fingerprint density at radius 2 is 2.00 bits per heavy atom. The number of nitrogens with zero attached hydrogens (tertiary/aromatic N) is 2. The Kier molecular flexibility index (Phi) is 5.03. The van der Waals surface area contributed by atoms with E-state index in [1.54, 1.807) is 6.07 Å². The maximum Gasteiger partial charge on any atom is 0.140 e. The summed E-state index contributed by atoms with van der Waals surface area (Å²) in [5.74, 6) is -1.18. The Balaban J connectivity index is 2.23. The van der Waals surface area contributed by atoms with Gasteiger partial charge in [-0.1, -0.05) is 18.7 Å². The summed E-state index contributed by atoms with van der Waals surface area (Å²) < 4.78 is 28.0. The summed E-state index contributed by atoms with van der Waals surface area (Å²) in [4.78, 5) is 7.64. The van der Waals surface area contributed by atoms with Gasteiger partial charge >= 0.3 is 0 Å². The van der Waals surface area contributed by atoms with Crippen LogP contribution in [-0.2, 0) is 6.42 Å². The minimum atomic E-state index is -0.591. The minimum Gasteiger partial charge on any atom is -0.327 e. The predicted octanol–water partition coefficient (Wildman–Crippen LogP) is 3.19. The molecule has 1 heterocycles. The van der Waals surface area contributed by atoms with Crippen molar-refractivity contribution < 1.29 is 8.78 Å². The second kappa shape index (κ2) is 6.76. The van der Waals surface area contributed by atoms with E-state index in [4.69, 9.17) is 5.73 Å². The average Bonchev–Trinajstić information content (AvgIpc) is 2.44. The highest BCUT2D eigenvalue weighted by Crippen LogP contribution is 2.31. The fourth-order valence-corrected chi connectivity index (χ4v) is 2.47. The van der Waals surface area contributed by atoms with Crippen LogP contribution in [0, 0.1) is 11.6 Å². The zero-order valence-corrected chi connectivity index (χ0v) is 11.8. The molecular formula is C14H15F2N3S. The zero-order chi connectivity index (χ0) is 14.5. The highest BCUT2D eigenvalue weighted by molar-refractivity contribution is 7.99. The molecule has 0 radical (unpaired) electrons. The molecule has 0 aliphatic carbocycles. The van der Waals surface area contributed by atoms with Crippen molar-refractivity contribution >= 4 is 11.8 Å². The van der Waals surface area contributed by atoms with Gasteiger partial charge in [-0.2, -0.15) is 0 Å². The molecule has 1 aromatic heterocycles. The number of hydrogen-bond donors (Lipinski definition) is 1. The normalized spacial score (nSPS) is 12.4. The molecule has 0 spiro atoms. The van der Waals surface area contributed by atoms with Crippen molar-refractivity contribution in [3.05, 3.63) is 47.9 Å². The van der Waals surface area contributed by atoms with Crippen LogP contribution in [0.1, 0.15) is 18.9 Å². The number of benzene rings is 1. The zero-order valence-electron chi connectivity index (χ0n) is 11.0. The summed E-state index contributed by atoms with van der Waals surface area (Å²) in [5.41, 5.74) is 6.37. The molecule has 6 heteroatoms. The molecular weight excluding hydrogens is 280 g/mol. The van der Waals surface area contributed by atoms with E-state index in [9.17, 15) is 8.78 Å². The van der Waals surface area contributed by atoms with E-state index in [0.717, 1.165) is 18.2 Å². The second-order valence-corrected chi connectivity index (χ2v) is 5.44. The maximum atomic E-state index is 14.0. The Hall–Kier alpha value is -1.53. The molecule has 20 heavy (non-hydrogen) atoms. The third-order valence-electron chi connectivity index (χ3n) is 2.84.